The predicted octanol–water partition coefficient (Wildman–Crippen LogP) is 8.95. The number of nitrogens with zero attached hydrogens (tertiary/aromatic N) is 2. The number of pyridine rings is 2. The van der Waals surface area contributed by atoms with Crippen molar-refractivity contribution in [2.24, 2.45) is 0 Å². The monoisotopic (exact) mass is 513 g/mol. The van der Waals surface area contributed by atoms with Crippen LogP contribution in [0, 0.1) is 6.92 Å². The maximum Gasteiger partial charge on any atom is 0.0892 e. The van der Waals surface area contributed by atoms with Gasteiger partial charge in [-0.2, -0.15) is 0 Å². The van der Waals surface area contributed by atoms with Gasteiger partial charge in [0, 0.05) is 46.5 Å². The third-order valence-corrected chi connectivity index (χ3v) is 9.99. The van der Waals surface area contributed by atoms with Crippen LogP contribution in [0.25, 0.3) is 51.8 Å². The molecular weight excluding hydrogens is 495 g/mol. The Kier molecular flexibility index (Phi) is 5.63. The highest BCUT2D eigenvalue weighted by Gasteiger charge is 2.11. The second kappa shape index (κ2) is 8.92. The number of nitrogens with two attached hydrogens (primary N) is 1. The summed E-state index contributed by atoms with van der Waals surface area (Å²) in [6, 6.07) is 25.5. The Morgan fingerprint density at radius 1 is 0.529 bits per heavy atom. The van der Waals surface area contributed by atoms with Gasteiger partial charge in [-0.15, -0.1) is 45.3 Å². The van der Waals surface area contributed by atoms with Gasteiger partial charge in [0.1, 0.15) is 0 Å². The van der Waals surface area contributed by atoms with Gasteiger partial charge in [-0.1, -0.05) is 0 Å². The maximum absolute atomic E-state index is 5.91. The molecule has 6 aromatic rings. The van der Waals surface area contributed by atoms with Crippen LogP contribution in [0.4, 0.5) is 5.00 Å². The molecule has 0 aliphatic heterocycles. The molecule has 0 fully saturated rings. The molecule has 0 saturated carbocycles. The highest BCUT2D eigenvalue weighted by atomic mass is 32.1. The van der Waals surface area contributed by atoms with Crippen LogP contribution in [0.2, 0.25) is 0 Å². The summed E-state index contributed by atoms with van der Waals surface area (Å²) in [5.74, 6) is 0. The standard InChI is InChI=1S/C27H19N3S4/c1-16-2-3-23(31-16)24-6-4-21(32-24)17-10-12-29-19(14-17)20-15-18(11-13-30-20)22-5-7-25(33-22)26-8-9-27(28)34-26/h2-15H,28H2,1H3. The minimum absolute atomic E-state index is 0.838. The fourth-order valence-corrected chi connectivity index (χ4v) is 7.58. The number of hydrogen-bond acceptors (Lipinski definition) is 7. The molecular formula is C27H19N3S4. The highest BCUT2D eigenvalue weighted by Crippen LogP contribution is 2.40. The summed E-state index contributed by atoms with van der Waals surface area (Å²) in [6.07, 6.45) is 3.74. The number of hydrogen-bond donors (Lipinski definition) is 1. The SMILES string of the molecule is Cc1ccc(-c2ccc(-c3ccnc(-c4cc(-c5ccc(-c6ccc(N)s6)s5)ccn4)c3)s2)s1. The van der Waals surface area contributed by atoms with Crippen LogP contribution in [0.1, 0.15) is 4.88 Å². The summed E-state index contributed by atoms with van der Waals surface area (Å²) in [6.45, 7) is 2.15. The fraction of sp³-hybridized carbons (Fsp3) is 0.0370. The molecule has 166 valence electrons. The minimum Gasteiger partial charge on any atom is -0.391 e. The molecule has 0 unspecified atom stereocenters. The molecule has 34 heavy (non-hydrogen) atoms. The molecule has 0 saturated heterocycles. The lowest BCUT2D eigenvalue weighted by Gasteiger charge is -2.05. The van der Waals surface area contributed by atoms with E-state index in [1.54, 1.807) is 22.7 Å². The van der Waals surface area contributed by atoms with Gasteiger partial charge in [-0.3, -0.25) is 9.97 Å². The van der Waals surface area contributed by atoms with Crippen molar-refractivity contribution in [3.05, 3.63) is 90.1 Å². The molecule has 0 atom stereocenters. The summed E-state index contributed by atoms with van der Waals surface area (Å²) in [5, 5.41) is 0.838. The first-order chi connectivity index (χ1) is 16.6. The molecule has 6 aromatic heterocycles. The molecule has 0 bridgehead atoms. The number of aryl methyl sites for hydroxylation is 1. The molecule has 3 nitrogen and oxygen atoms in total. The molecule has 0 aromatic carbocycles. The van der Waals surface area contributed by atoms with E-state index < -0.39 is 0 Å². The second-order valence-electron chi connectivity index (χ2n) is 7.80. The Balaban J connectivity index is 1.30. The largest absolute Gasteiger partial charge is 0.391 e. The van der Waals surface area contributed by atoms with E-state index in [1.165, 1.54) is 34.1 Å². The van der Waals surface area contributed by atoms with Crippen molar-refractivity contribution in [2.45, 2.75) is 6.92 Å². The van der Waals surface area contributed by atoms with Crippen LogP contribution in [0.5, 0.6) is 0 Å². The Labute approximate surface area is 213 Å². The Hall–Kier alpha value is -3.10. The lowest BCUT2D eigenvalue weighted by Crippen LogP contribution is -1.88. The lowest BCUT2D eigenvalue weighted by molar-refractivity contribution is 1.25. The molecule has 6 heterocycles. The van der Waals surface area contributed by atoms with Crippen LogP contribution >= 0.6 is 45.3 Å². The fourth-order valence-electron chi connectivity index (χ4n) is 3.75. The zero-order valence-corrected chi connectivity index (χ0v) is 21.5. The zero-order chi connectivity index (χ0) is 23.1. The van der Waals surface area contributed by atoms with Gasteiger partial charge in [-0.05, 0) is 90.8 Å². The number of nitrogen functional groups attached to an aromatic ring is 1. The van der Waals surface area contributed by atoms with Gasteiger partial charge < -0.3 is 5.73 Å². The molecule has 0 spiro atoms. The van der Waals surface area contributed by atoms with Crippen LogP contribution in [-0.2, 0) is 0 Å². The van der Waals surface area contributed by atoms with Gasteiger partial charge in [0.15, 0.2) is 0 Å². The van der Waals surface area contributed by atoms with Gasteiger partial charge in [-0.25, -0.2) is 0 Å². The van der Waals surface area contributed by atoms with Crippen LogP contribution in [-0.4, -0.2) is 9.97 Å². The van der Waals surface area contributed by atoms with Crippen molar-refractivity contribution < 1.29 is 0 Å². The van der Waals surface area contributed by atoms with E-state index in [9.17, 15) is 0 Å². The minimum atomic E-state index is 0.838. The Bertz CT molecular complexity index is 1480. The topological polar surface area (TPSA) is 51.8 Å². The number of rotatable bonds is 5. The molecule has 6 rings (SSSR count). The summed E-state index contributed by atoms with van der Waals surface area (Å²) < 4.78 is 0. The van der Waals surface area contributed by atoms with E-state index >= 15 is 0 Å². The molecule has 0 amide bonds. The van der Waals surface area contributed by atoms with Crippen molar-refractivity contribution in [3.8, 4) is 51.8 Å². The average molecular weight is 514 g/mol. The lowest BCUT2D eigenvalue weighted by atomic mass is 10.1. The Morgan fingerprint density at radius 2 is 1.00 bits per heavy atom. The highest BCUT2D eigenvalue weighted by molar-refractivity contribution is 7.25. The van der Waals surface area contributed by atoms with Crippen molar-refractivity contribution in [3.63, 3.8) is 0 Å². The van der Waals surface area contributed by atoms with Crippen molar-refractivity contribution in [1.29, 1.82) is 0 Å². The molecule has 0 radical (unpaired) electrons. The van der Waals surface area contributed by atoms with E-state index in [1.807, 2.05) is 41.1 Å². The van der Waals surface area contributed by atoms with E-state index in [4.69, 9.17) is 5.73 Å². The third-order valence-electron chi connectivity index (χ3n) is 5.42. The van der Waals surface area contributed by atoms with Crippen LogP contribution in [0.15, 0.2) is 85.2 Å². The van der Waals surface area contributed by atoms with E-state index in [2.05, 4.69) is 83.6 Å². The van der Waals surface area contributed by atoms with Crippen LogP contribution < -0.4 is 5.73 Å². The first-order valence-electron chi connectivity index (χ1n) is 10.7. The molecule has 2 N–H and O–H groups in total. The normalized spacial score (nSPS) is 11.2. The van der Waals surface area contributed by atoms with Crippen molar-refractivity contribution in [2.75, 3.05) is 5.73 Å². The number of anilines is 1. The number of aromatic nitrogens is 2. The van der Waals surface area contributed by atoms with E-state index in [-0.39, 0.29) is 0 Å². The average Bonchev–Trinajstić information content (AvgIpc) is 3.66. The quantitative estimate of drug-likeness (QED) is 0.250. The summed E-state index contributed by atoms with van der Waals surface area (Å²) in [4.78, 5) is 18.1. The zero-order valence-electron chi connectivity index (χ0n) is 18.2. The first-order valence-corrected chi connectivity index (χ1v) is 13.9. The summed E-state index contributed by atoms with van der Waals surface area (Å²) in [7, 11) is 0. The summed E-state index contributed by atoms with van der Waals surface area (Å²) in [5.41, 5.74) is 9.97. The molecule has 0 aliphatic carbocycles. The predicted molar refractivity (Wildman–Crippen MR) is 150 cm³/mol. The van der Waals surface area contributed by atoms with E-state index in [0.29, 0.717) is 0 Å². The van der Waals surface area contributed by atoms with Crippen molar-refractivity contribution in [1.82, 2.24) is 9.97 Å². The van der Waals surface area contributed by atoms with Gasteiger partial charge >= 0.3 is 0 Å². The molecule has 7 heteroatoms. The maximum atomic E-state index is 5.91. The smallest absolute Gasteiger partial charge is 0.0892 e. The third kappa shape index (κ3) is 4.23. The second-order valence-corrected chi connectivity index (χ2v) is 12.4. The summed E-state index contributed by atoms with van der Waals surface area (Å²) >= 11 is 7.03. The first kappa shape index (κ1) is 21.4. The van der Waals surface area contributed by atoms with Gasteiger partial charge in [0.05, 0.1) is 16.4 Å². The van der Waals surface area contributed by atoms with Crippen LogP contribution in [0.3, 0.4) is 0 Å². The molecule has 0 aliphatic rings. The Morgan fingerprint density at radius 3 is 1.50 bits per heavy atom. The van der Waals surface area contributed by atoms with Crippen molar-refractivity contribution >= 4 is 50.3 Å². The van der Waals surface area contributed by atoms with E-state index in [0.717, 1.165) is 27.5 Å². The van der Waals surface area contributed by atoms with Gasteiger partial charge in [0.25, 0.3) is 0 Å². The van der Waals surface area contributed by atoms with Gasteiger partial charge in [0.2, 0.25) is 0 Å². The number of thiophene rings is 4.